The lowest BCUT2D eigenvalue weighted by molar-refractivity contribution is 0.575. The Morgan fingerprint density at radius 2 is 2.07 bits per heavy atom. The Labute approximate surface area is 167 Å². The molecule has 0 unspecified atom stereocenters. The van der Waals surface area contributed by atoms with E-state index in [0.29, 0.717) is 38.9 Å². The van der Waals surface area contributed by atoms with Gasteiger partial charge in [-0.1, -0.05) is 29.8 Å². The molecule has 2 N–H and O–H groups in total. The molecule has 27 heavy (non-hydrogen) atoms. The highest BCUT2D eigenvalue weighted by atomic mass is 79.9. The van der Waals surface area contributed by atoms with E-state index >= 15 is 0 Å². The highest BCUT2D eigenvalue weighted by Crippen LogP contribution is 2.30. The van der Waals surface area contributed by atoms with Gasteiger partial charge in [0.15, 0.2) is 4.67 Å². The van der Waals surface area contributed by atoms with Gasteiger partial charge in [-0.2, -0.15) is 0 Å². The maximum Gasteiger partial charge on any atom is 0.231 e. The monoisotopic (exact) mass is 444 g/mol. The third-order valence-electron chi connectivity index (χ3n) is 4.38. The zero-order chi connectivity index (χ0) is 19.0. The van der Waals surface area contributed by atoms with Crippen LogP contribution < -0.4 is 5.73 Å². The van der Waals surface area contributed by atoms with Crippen molar-refractivity contribution in [3.63, 3.8) is 0 Å². The van der Waals surface area contributed by atoms with Crippen molar-refractivity contribution in [2.45, 2.75) is 13.0 Å². The molecule has 0 saturated carbocycles. The van der Waals surface area contributed by atoms with Crippen molar-refractivity contribution in [1.82, 2.24) is 9.97 Å². The quantitative estimate of drug-likeness (QED) is 0.622. The van der Waals surface area contributed by atoms with Crippen molar-refractivity contribution < 1.29 is 8.63 Å². The van der Waals surface area contributed by atoms with Gasteiger partial charge in [0.05, 0.1) is 17.1 Å². The highest BCUT2D eigenvalue weighted by molar-refractivity contribution is 9.10. The van der Waals surface area contributed by atoms with Gasteiger partial charge in [-0.25, -0.2) is 9.97 Å². The first-order chi connectivity index (χ1) is 13.0. The van der Waals surface area contributed by atoms with Gasteiger partial charge in [-0.3, -0.25) is 9.20 Å². The Morgan fingerprint density at radius 1 is 1.33 bits per heavy atom. The molecule has 0 aliphatic carbocycles. The molecule has 138 valence electrons. The van der Waals surface area contributed by atoms with Crippen LogP contribution in [0.25, 0.3) is 22.4 Å². The minimum Gasteiger partial charge on any atom is -0.431 e. The predicted octanol–water partition coefficient (Wildman–Crippen LogP) is 3.32. The fourth-order valence-corrected chi connectivity index (χ4v) is 4.15. The minimum atomic E-state index is -0.757. The molecule has 0 spiro atoms. The summed E-state index contributed by atoms with van der Waals surface area (Å²) in [5, 5.41) is 0.748. The first-order valence-corrected chi connectivity index (χ1v) is 10.6. The number of halogens is 1. The first kappa shape index (κ1) is 18.1. The second-order valence-electron chi connectivity index (χ2n) is 6.39. The zero-order valence-corrected chi connectivity index (χ0v) is 17.0. The predicted molar refractivity (Wildman–Crippen MR) is 112 cm³/mol. The van der Waals surface area contributed by atoms with E-state index < -0.39 is 10.8 Å². The summed E-state index contributed by atoms with van der Waals surface area (Å²) in [6.07, 6.45) is 3.18. The smallest absolute Gasteiger partial charge is 0.231 e. The summed E-state index contributed by atoms with van der Waals surface area (Å²) in [6.45, 7) is 2.03. The van der Waals surface area contributed by atoms with Crippen molar-refractivity contribution in [1.29, 1.82) is 0 Å². The van der Waals surface area contributed by atoms with Crippen LogP contribution in [0.4, 0.5) is 0 Å². The van der Waals surface area contributed by atoms with Crippen LogP contribution in [0.15, 0.2) is 50.7 Å². The second-order valence-corrected chi connectivity index (χ2v) is 8.72. The summed E-state index contributed by atoms with van der Waals surface area (Å²) in [5.41, 5.74) is 10.9. The molecule has 1 aromatic carbocycles. The molecule has 1 aliphatic rings. The van der Waals surface area contributed by atoms with E-state index in [1.165, 1.54) is 6.33 Å². The van der Waals surface area contributed by atoms with Crippen LogP contribution in [0.1, 0.15) is 16.8 Å². The third-order valence-corrected chi connectivity index (χ3v) is 6.28. The van der Waals surface area contributed by atoms with Crippen molar-refractivity contribution in [2.75, 3.05) is 11.5 Å². The molecule has 1 saturated heterocycles. The number of furan rings is 1. The topological polar surface area (TPSA) is 94.4 Å². The molecule has 3 heterocycles. The molecule has 1 fully saturated rings. The van der Waals surface area contributed by atoms with Gasteiger partial charge < -0.3 is 10.2 Å². The maximum atomic E-state index is 11.4. The van der Waals surface area contributed by atoms with E-state index in [1.807, 2.05) is 37.3 Å². The third kappa shape index (κ3) is 3.72. The number of rotatable bonds is 4. The molecule has 0 radical (unpaired) electrons. The van der Waals surface area contributed by atoms with Crippen LogP contribution in [-0.2, 0) is 10.8 Å². The number of aliphatic imine (C=N–C) groups is 1. The molecule has 1 aliphatic heterocycles. The van der Waals surface area contributed by atoms with Crippen LogP contribution in [0, 0.1) is 6.92 Å². The molecular formula is C19H17BrN4O2S. The number of nitrogens with zero attached hydrogens (tertiary/aromatic N) is 3. The van der Waals surface area contributed by atoms with E-state index in [9.17, 15) is 4.21 Å². The SMILES string of the molecule is Cc1ccc(/C(N)=C(/C=NC2CS(=O)C2)c2ncnc3oc(Br)cc23)cc1. The molecule has 8 heteroatoms. The van der Waals surface area contributed by atoms with Gasteiger partial charge in [0.1, 0.15) is 6.33 Å². The number of aryl methyl sites for hydroxylation is 1. The summed E-state index contributed by atoms with van der Waals surface area (Å²) in [5.74, 6) is 1.18. The average molecular weight is 445 g/mol. The van der Waals surface area contributed by atoms with Crippen LogP contribution in [0.2, 0.25) is 0 Å². The lowest BCUT2D eigenvalue weighted by Gasteiger charge is -2.20. The molecular weight excluding hydrogens is 428 g/mol. The summed E-state index contributed by atoms with van der Waals surface area (Å²) in [6, 6.07) is 9.84. The normalized spacial score (nSPS) is 20.7. The summed E-state index contributed by atoms with van der Waals surface area (Å²) >= 11 is 3.34. The number of hydrogen-bond acceptors (Lipinski definition) is 6. The zero-order valence-electron chi connectivity index (χ0n) is 14.6. The van der Waals surface area contributed by atoms with E-state index in [2.05, 4.69) is 30.9 Å². The van der Waals surface area contributed by atoms with Gasteiger partial charge in [-0.05, 0) is 28.4 Å². The lowest BCUT2D eigenvalue weighted by Crippen LogP contribution is -2.34. The van der Waals surface area contributed by atoms with E-state index in [4.69, 9.17) is 10.2 Å². The Balaban J connectivity index is 1.85. The van der Waals surface area contributed by atoms with Crippen molar-refractivity contribution >= 4 is 55.3 Å². The van der Waals surface area contributed by atoms with Crippen molar-refractivity contribution in [2.24, 2.45) is 10.7 Å². The van der Waals surface area contributed by atoms with Crippen molar-refractivity contribution in [3.05, 3.63) is 58.1 Å². The van der Waals surface area contributed by atoms with Crippen LogP contribution in [0.3, 0.4) is 0 Å². The molecule has 0 bridgehead atoms. The number of nitrogens with two attached hydrogens (primary N) is 1. The van der Waals surface area contributed by atoms with Gasteiger partial charge in [-0.15, -0.1) is 0 Å². The fourth-order valence-electron chi connectivity index (χ4n) is 2.83. The summed E-state index contributed by atoms with van der Waals surface area (Å²) < 4.78 is 17.5. The highest BCUT2D eigenvalue weighted by Gasteiger charge is 2.24. The Morgan fingerprint density at radius 3 is 2.78 bits per heavy atom. The minimum absolute atomic E-state index is 0.0556. The first-order valence-electron chi connectivity index (χ1n) is 8.36. The molecule has 0 atom stereocenters. The number of allylic oxidation sites excluding steroid dienone is 1. The van der Waals surface area contributed by atoms with Gasteiger partial charge in [0.2, 0.25) is 5.71 Å². The van der Waals surface area contributed by atoms with Gasteiger partial charge >= 0.3 is 0 Å². The van der Waals surface area contributed by atoms with Crippen LogP contribution in [-0.4, -0.2) is 37.9 Å². The summed E-state index contributed by atoms with van der Waals surface area (Å²) in [4.78, 5) is 13.2. The summed E-state index contributed by atoms with van der Waals surface area (Å²) in [7, 11) is -0.757. The molecule has 2 aromatic heterocycles. The maximum absolute atomic E-state index is 11.4. The second kappa shape index (κ2) is 7.36. The number of aromatic nitrogens is 2. The van der Waals surface area contributed by atoms with E-state index in [-0.39, 0.29) is 6.04 Å². The van der Waals surface area contributed by atoms with E-state index in [0.717, 1.165) is 16.5 Å². The van der Waals surface area contributed by atoms with E-state index in [1.54, 1.807) is 6.21 Å². The standard InChI is InChI=1S/C19H17BrN4O2S/c1-11-2-4-12(5-3-11)17(21)15(7-22-13-8-27(25)9-13)18-14-6-16(20)26-19(14)24-10-23-18/h2-7,10,13H,8-9,21H2,1H3/b17-15+,22-7?. The molecule has 6 nitrogen and oxygen atoms in total. The Bertz CT molecular complexity index is 1080. The lowest BCUT2D eigenvalue weighted by atomic mass is 10.0. The van der Waals surface area contributed by atoms with Crippen LogP contribution in [0.5, 0.6) is 0 Å². The molecule has 4 rings (SSSR count). The van der Waals surface area contributed by atoms with Crippen molar-refractivity contribution in [3.8, 4) is 0 Å². The van der Waals surface area contributed by atoms with Gasteiger partial charge in [0.25, 0.3) is 0 Å². The number of fused-ring (bicyclic) bond motifs is 1. The number of hydrogen-bond donors (Lipinski definition) is 1. The molecule has 0 amide bonds. The Hall–Kier alpha value is -2.32. The molecule has 3 aromatic rings. The average Bonchev–Trinajstić information content (AvgIpc) is 3.01. The Kier molecular flexibility index (Phi) is 4.92. The fraction of sp³-hybridized carbons (Fsp3) is 0.211. The van der Waals surface area contributed by atoms with Gasteiger partial charge in [0, 0.05) is 45.9 Å². The van der Waals surface area contributed by atoms with Crippen LogP contribution >= 0.6 is 15.9 Å². The largest absolute Gasteiger partial charge is 0.431 e. The number of benzene rings is 1.